The minimum absolute atomic E-state index is 0.0168. The van der Waals surface area contributed by atoms with Gasteiger partial charge in [-0.3, -0.25) is 9.59 Å². The molecule has 0 aliphatic heterocycles. The van der Waals surface area contributed by atoms with E-state index in [0.717, 1.165) is 51.4 Å². The van der Waals surface area contributed by atoms with Crippen molar-refractivity contribution in [3.8, 4) is 0 Å². The van der Waals surface area contributed by atoms with E-state index in [1.165, 1.54) is 59.8 Å². The Kier molecular flexibility index (Phi) is 12.8. The van der Waals surface area contributed by atoms with Crippen LogP contribution < -0.4 is 0 Å². The molecule has 4 aliphatic carbocycles. The molecular formula is C46H70O4. The molecule has 0 radical (unpaired) electrons. The number of benzene rings is 2. The molecule has 2 fully saturated rings. The van der Waals surface area contributed by atoms with Crippen molar-refractivity contribution in [1.29, 1.82) is 0 Å². The number of methoxy groups -OCH3 is 1. The summed E-state index contributed by atoms with van der Waals surface area (Å²) in [6, 6.07) is 14.1. The third-order valence-corrected chi connectivity index (χ3v) is 13.5. The van der Waals surface area contributed by atoms with Crippen molar-refractivity contribution in [2.24, 2.45) is 22.7 Å². The highest BCUT2D eigenvalue weighted by Crippen LogP contribution is 2.59. The van der Waals surface area contributed by atoms with Gasteiger partial charge in [-0.1, -0.05) is 111 Å². The van der Waals surface area contributed by atoms with Crippen LogP contribution in [0.2, 0.25) is 0 Å². The van der Waals surface area contributed by atoms with Crippen LogP contribution in [0.4, 0.5) is 0 Å². The van der Waals surface area contributed by atoms with Gasteiger partial charge < -0.3 is 9.47 Å². The van der Waals surface area contributed by atoms with Gasteiger partial charge in [-0.2, -0.15) is 0 Å². The van der Waals surface area contributed by atoms with Crippen molar-refractivity contribution in [2.75, 3.05) is 13.7 Å². The van der Waals surface area contributed by atoms with Gasteiger partial charge in [0.1, 0.15) is 0 Å². The standard InChI is InChI=1S/C22H32O2.C21H30O2.C3H8/c1-6-24-20(23)22(5)13-7-12-21(4)18-10-8-16(15(2)3)14-17(18)9-11-19(21)22;1-14(2)15-7-9-17-16(13-15)8-10-18-20(17,3)11-6-12-21(18,4)19(22)23-5;1-3-2/h8,10,14-15,19H,6-7,9,11-13H2,1-5H3;7,9,13-14,18H,6,8,10-12H2,1-5H3;3H2,1-2H3. The summed E-state index contributed by atoms with van der Waals surface area (Å²) in [6.07, 6.45) is 12.1. The van der Waals surface area contributed by atoms with Gasteiger partial charge in [0.05, 0.1) is 24.5 Å². The molecule has 50 heavy (non-hydrogen) atoms. The summed E-state index contributed by atoms with van der Waals surface area (Å²) in [7, 11) is 1.53. The van der Waals surface area contributed by atoms with Gasteiger partial charge in [0.15, 0.2) is 0 Å². The third kappa shape index (κ3) is 7.34. The first-order valence-corrected chi connectivity index (χ1v) is 20.1. The van der Waals surface area contributed by atoms with E-state index in [4.69, 9.17) is 9.47 Å². The minimum atomic E-state index is -0.337. The lowest BCUT2D eigenvalue weighted by Crippen LogP contribution is -2.52. The summed E-state index contributed by atoms with van der Waals surface area (Å²) in [5.41, 5.74) is 8.36. The van der Waals surface area contributed by atoms with Crippen molar-refractivity contribution in [1.82, 2.24) is 0 Å². The van der Waals surface area contributed by atoms with Crippen molar-refractivity contribution >= 4 is 11.9 Å². The first-order valence-electron chi connectivity index (χ1n) is 20.1. The lowest BCUT2D eigenvalue weighted by atomic mass is 9.49. The monoisotopic (exact) mass is 687 g/mol. The molecule has 4 aliphatic rings. The van der Waals surface area contributed by atoms with Crippen LogP contribution in [0, 0.1) is 22.7 Å². The molecule has 0 spiro atoms. The molecule has 4 heteroatoms. The van der Waals surface area contributed by atoms with E-state index >= 15 is 0 Å². The molecule has 0 aromatic heterocycles. The molecule has 0 N–H and O–H groups in total. The van der Waals surface area contributed by atoms with Gasteiger partial charge in [-0.15, -0.1) is 0 Å². The maximum absolute atomic E-state index is 12.8. The maximum atomic E-state index is 12.8. The molecule has 0 bridgehead atoms. The number of fused-ring (bicyclic) bond motifs is 6. The smallest absolute Gasteiger partial charge is 0.312 e. The summed E-state index contributed by atoms with van der Waals surface area (Å²) in [4.78, 5) is 25.3. The summed E-state index contributed by atoms with van der Waals surface area (Å²) in [6.45, 7) is 24.7. The molecule has 278 valence electrons. The number of ether oxygens (including phenoxy) is 2. The Morgan fingerprint density at radius 1 is 0.680 bits per heavy atom. The molecule has 0 amide bonds. The Balaban J connectivity index is 0.000000209. The van der Waals surface area contributed by atoms with Crippen LogP contribution in [-0.2, 0) is 42.7 Å². The van der Waals surface area contributed by atoms with Crippen LogP contribution in [0.5, 0.6) is 0 Å². The zero-order chi connectivity index (χ0) is 37.1. The Hall–Kier alpha value is -2.62. The van der Waals surface area contributed by atoms with Gasteiger partial charge in [0, 0.05) is 0 Å². The van der Waals surface area contributed by atoms with Crippen LogP contribution in [0.3, 0.4) is 0 Å². The fraction of sp³-hybridized carbons (Fsp3) is 0.696. The summed E-state index contributed by atoms with van der Waals surface area (Å²) in [5, 5.41) is 0. The number of rotatable bonds is 5. The first kappa shape index (κ1) is 40.2. The minimum Gasteiger partial charge on any atom is -0.469 e. The van der Waals surface area contributed by atoms with E-state index in [0.29, 0.717) is 30.3 Å². The molecule has 6 rings (SSSR count). The number of carbonyl (C=O) groups is 2. The van der Waals surface area contributed by atoms with Crippen LogP contribution in [0.1, 0.15) is 179 Å². The fourth-order valence-corrected chi connectivity index (χ4v) is 10.8. The Bertz CT molecular complexity index is 1490. The first-order chi connectivity index (χ1) is 23.6. The van der Waals surface area contributed by atoms with E-state index in [9.17, 15) is 9.59 Å². The second-order valence-electron chi connectivity index (χ2n) is 17.6. The zero-order valence-electron chi connectivity index (χ0n) is 33.9. The Labute approximate surface area is 305 Å². The highest BCUT2D eigenvalue weighted by atomic mass is 16.5. The van der Waals surface area contributed by atoms with Crippen molar-refractivity contribution in [3.63, 3.8) is 0 Å². The average Bonchev–Trinajstić information content (AvgIpc) is 3.08. The highest BCUT2D eigenvalue weighted by Gasteiger charge is 2.57. The van der Waals surface area contributed by atoms with E-state index in [2.05, 4.69) is 106 Å². The molecule has 2 saturated carbocycles. The van der Waals surface area contributed by atoms with E-state index in [1.54, 1.807) is 0 Å². The fourth-order valence-electron chi connectivity index (χ4n) is 10.8. The summed E-state index contributed by atoms with van der Waals surface area (Å²) < 4.78 is 10.7. The van der Waals surface area contributed by atoms with Crippen molar-refractivity contribution in [3.05, 3.63) is 69.8 Å². The normalized spacial score (nSPS) is 31.0. The summed E-state index contributed by atoms with van der Waals surface area (Å²) in [5.74, 6) is 1.90. The lowest BCUT2D eigenvalue weighted by molar-refractivity contribution is -0.164. The van der Waals surface area contributed by atoms with Crippen LogP contribution in [-0.4, -0.2) is 25.7 Å². The number of aryl methyl sites for hydroxylation is 2. The van der Waals surface area contributed by atoms with Gasteiger partial charge in [0.25, 0.3) is 0 Å². The van der Waals surface area contributed by atoms with E-state index < -0.39 is 0 Å². The largest absolute Gasteiger partial charge is 0.469 e. The molecule has 0 saturated heterocycles. The molecule has 6 unspecified atom stereocenters. The lowest BCUT2D eigenvalue weighted by Gasteiger charge is -2.54. The average molecular weight is 687 g/mol. The van der Waals surface area contributed by atoms with Crippen LogP contribution in [0.25, 0.3) is 0 Å². The molecule has 4 nitrogen and oxygen atoms in total. The maximum Gasteiger partial charge on any atom is 0.312 e. The van der Waals surface area contributed by atoms with Gasteiger partial charge in [-0.05, 0) is 140 Å². The Morgan fingerprint density at radius 2 is 1.08 bits per heavy atom. The topological polar surface area (TPSA) is 52.6 Å². The van der Waals surface area contributed by atoms with Gasteiger partial charge in [0.2, 0.25) is 0 Å². The number of hydrogen-bond acceptors (Lipinski definition) is 4. The molecule has 2 aromatic carbocycles. The molecule has 0 heterocycles. The van der Waals surface area contributed by atoms with E-state index in [-0.39, 0.29) is 33.6 Å². The molecule has 6 atom stereocenters. The Morgan fingerprint density at radius 3 is 1.44 bits per heavy atom. The van der Waals surface area contributed by atoms with Gasteiger partial charge >= 0.3 is 11.9 Å². The third-order valence-electron chi connectivity index (χ3n) is 13.5. The number of hydrogen-bond donors (Lipinski definition) is 0. The predicted molar refractivity (Wildman–Crippen MR) is 208 cm³/mol. The molecular weight excluding hydrogens is 617 g/mol. The zero-order valence-corrected chi connectivity index (χ0v) is 33.9. The highest BCUT2D eigenvalue weighted by molar-refractivity contribution is 5.78. The second kappa shape index (κ2) is 16.0. The van der Waals surface area contributed by atoms with Crippen molar-refractivity contribution < 1.29 is 19.1 Å². The molecule has 2 aromatic rings. The van der Waals surface area contributed by atoms with Gasteiger partial charge in [-0.25, -0.2) is 0 Å². The number of carbonyl (C=O) groups excluding carboxylic acids is 2. The quantitative estimate of drug-likeness (QED) is 0.294. The predicted octanol–water partition coefficient (Wildman–Crippen LogP) is 11.8. The van der Waals surface area contributed by atoms with E-state index in [1.807, 2.05) is 6.92 Å². The van der Waals surface area contributed by atoms with Crippen LogP contribution in [0.15, 0.2) is 36.4 Å². The second-order valence-corrected chi connectivity index (χ2v) is 17.6. The van der Waals surface area contributed by atoms with Crippen LogP contribution >= 0.6 is 0 Å². The number of esters is 2. The SMILES string of the molecule is CCC.CCOC(=O)C1(C)CCCC2(C)c3ccc(C(C)C)cc3CCC12.COC(=O)C1(C)CCCC2(C)c3ccc(C(C)C)cc3CCC12. The summed E-state index contributed by atoms with van der Waals surface area (Å²) >= 11 is 0. The van der Waals surface area contributed by atoms with Crippen molar-refractivity contribution in [2.45, 2.75) is 169 Å².